The quantitative estimate of drug-likeness (QED) is 0.588. The molecule has 0 bridgehead atoms. The molecule has 0 fully saturated rings. The summed E-state index contributed by atoms with van der Waals surface area (Å²) >= 11 is 0. The van der Waals surface area contributed by atoms with Crippen LogP contribution in [0, 0.1) is 0 Å². The molecule has 1 amide bonds. The highest BCUT2D eigenvalue weighted by Gasteiger charge is 2.15. The van der Waals surface area contributed by atoms with Crippen molar-refractivity contribution in [1.82, 2.24) is 5.32 Å². The normalized spacial score (nSPS) is 10.8. The highest BCUT2D eigenvalue weighted by atomic mass is 32.2. The third-order valence-corrected chi connectivity index (χ3v) is 4.77. The van der Waals surface area contributed by atoms with Gasteiger partial charge in [-0.25, -0.2) is 8.42 Å². The maximum absolute atomic E-state index is 12.4. The Morgan fingerprint density at radius 3 is 2.08 bits per heavy atom. The van der Waals surface area contributed by atoms with Gasteiger partial charge in [0.05, 0.1) is 4.90 Å². The number of sulfonamides is 1. The summed E-state index contributed by atoms with van der Waals surface area (Å²) < 4.78 is 27.1. The van der Waals surface area contributed by atoms with Gasteiger partial charge in [0.25, 0.3) is 15.9 Å². The number of anilines is 1. The average molecular weight is 358 g/mol. The number of amides is 1. The van der Waals surface area contributed by atoms with Crippen LogP contribution in [-0.2, 0) is 10.0 Å². The van der Waals surface area contributed by atoms with Crippen LogP contribution in [-0.4, -0.2) is 26.7 Å². The summed E-state index contributed by atoms with van der Waals surface area (Å²) in [6, 6.07) is 11.7. The lowest BCUT2D eigenvalue weighted by atomic mass is 10.2. The van der Waals surface area contributed by atoms with E-state index in [1.807, 2.05) is 0 Å². The van der Waals surface area contributed by atoms with Gasteiger partial charge in [0.15, 0.2) is 5.78 Å². The SMILES string of the molecule is C=CCNC(=O)c1ccc(NS(=O)(=O)c2ccc(C(C)=O)cc2)cc1. The lowest BCUT2D eigenvalue weighted by Gasteiger charge is -2.09. The fourth-order valence-electron chi connectivity index (χ4n) is 2.04. The van der Waals surface area contributed by atoms with Gasteiger partial charge in [0, 0.05) is 23.4 Å². The molecule has 0 aliphatic heterocycles. The molecule has 0 atom stereocenters. The van der Waals surface area contributed by atoms with Gasteiger partial charge in [-0.1, -0.05) is 18.2 Å². The number of hydrogen-bond acceptors (Lipinski definition) is 4. The van der Waals surface area contributed by atoms with Gasteiger partial charge in [-0.2, -0.15) is 0 Å². The standard InChI is InChI=1S/C18H18N2O4S/c1-3-12-19-18(22)15-4-8-16(9-5-15)20-25(23,24)17-10-6-14(7-11-17)13(2)21/h3-11,20H,1,12H2,2H3,(H,19,22). The number of rotatable bonds is 7. The van der Waals surface area contributed by atoms with E-state index in [-0.39, 0.29) is 16.6 Å². The van der Waals surface area contributed by atoms with Crippen LogP contribution in [0.25, 0.3) is 0 Å². The van der Waals surface area contributed by atoms with E-state index in [0.717, 1.165) is 0 Å². The minimum atomic E-state index is -3.78. The zero-order chi connectivity index (χ0) is 18.4. The highest BCUT2D eigenvalue weighted by Crippen LogP contribution is 2.17. The second kappa shape index (κ2) is 7.76. The summed E-state index contributed by atoms with van der Waals surface area (Å²) in [5, 5.41) is 2.63. The molecule has 130 valence electrons. The van der Waals surface area contributed by atoms with Gasteiger partial charge in [-0.15, -0.1) is 6.58 Å². The van der Waals surface area contributed by atoms with E-state index in [9.17, 15) is 18.0 Å². The lowest BCUT2D eigenvalue weighted by Crippen LogP contribution is -2.23. The Balaban J connectivity index is 2.13. The number of ketones is 1. The Labute approximate surface area is 146 Å². The number of benzene rings is 2. The molecule has 7 heteroatoms. The van der Waals surface area contributed by atoms with E-state index >= 15 is 0 Å². The van der Waals surface area contributed by atoms with Crippen LogP contribution in [0.3, 0.4) is 0 Å². The Kier molecular flexibility index (Phi) is 5.71. The predicted octanol–water partition coefficient (Wildman–Crippen LogP) is 2.61. The zero-order valence-electron chi connectivity index (χ0n) is 13.7. The van der Waals surface area contributed by atoms with E-state index in [0.29, 0.717) is 23.4 Å². The molecule has 0 aromatic heterocycles. The number of Topliss-reactive ketones (excluding diaryl/α,β-unsaturated/α-hetero) is 1. The third kappa shape index (κ3) is 4.77. The van der Waals surface area contributed by atoms with Gasteiger partial charge in [0.1, 0.15) is 0 Å². The molecule has 6 nitrogen and oxygen atoms in total. The molecule has 0 aliphatic carbocycles. The first-order chi connectivity index (χ1) is 11.8. The van der Waals surface area contributed by atoms with E-state index in [1.165, 1.54) is 55.5 Å². The summed E-state index contributed by atoms with van der Waals surface area (Å²) in [7, 11) is -3.78. The predicted molar refractivity (Wildman–Crippen MR) is 96.2 cm³/mol. The molecule has 0 unspecified atom stereocenters. The first kappa shape index (κ1) is 18.4. The summed E-state index contributed by atoms with van der Waals surface area (Å²) in [5.74, 6) is -0.406. The van der Waals surface area contributed by atoms with Crippen LogP contribution in [0.4, 0.5) is 5.69 Å². The molecule has 0 heterocycles. The maximum Gasteiger partial charge on any atom is 0.261 e. The molecule has 0 spiro atoms. The second-order valence-corrected chi connectivity index (χ2v) is 6.94. The molecule has 0 saturated carbocycles. The van der Waals surface area contributed by atoms with Crippen molar-refractivity contribution >= 4 is 27.4 Å². The largest absolute Gasteiger partial charge is 0.349 e. The Bertz CT molecular complexity index is 886. The van der Waals surface area contributed by atoms with Crippen molar-refractivity contribution < 1.29 is 18.0 Å². The molecule has 2 N–H and O–H groups in total. The Hall–Kier alpha value is -2.93. The van der Waals surface area contributed by atoms with Crippen molar-refractivity contribution in [2.24, 2.45) is 0 Å². The lowest BCUT2D eigenvalue weighted by molar-refractivity contribution is 0.0957. The minimum absolute atomic E-state index is 0.0466. The van der Waals surface area contributed by atoms with Crippen LogP contribution in [0.1, 0.15) is 27.6 Å². The molecule has 0 saturated heterocycles. The summed E-state index contributed by atoms with van der Waals surface area (Å²) in [4.78, 5) is 23.1. The fraction of sp³-hybridized carbons (Fsp3) is 0.111. The van der Waals surface area contributed by atoms with Crippen molar-refractivity contribution in [3.63, 3.8) is 0 Å². The Morgan fingerprint density at radius 1 is 1.00 bits per heavy atom. The summed E-state index contributed by atoms with van der Waals surface area (Å²) in [6.45, 7) is 5.28. The van der Waals surface area contributed by atoms with E-state index in [2.05, 4.69) is 16.6 Å². The molecule has 0 aliphatic rings. The van der Waals surface area contributed by atoms with Crippen LogP contribution < -0.4 is 10.0 Å². The van der Waals surface area contributed by atoms with Gasteiger partial charge < -0.3 is 5.32 Å². The number of hydrogen-bond donors (Lipinski definition) is 2. The maximum atomic E-state index is 12.4. The highest BCUT2D eigenvalue weighted by molar-refractivity contribution is 7.92. The number of carbonyl (C=O) groups is 2. The van der Waals surface area contributed by atoms with Gasteiger partial charge in [-0.3, -0.25) is 14.3 Å². The molecule has 2 aromatic rings. The van der Waals surface area contributed by atoms with E-state index in [1.54, 1.807) is 6.08 Å². The number of carbonyl (C=O) groups excluding carboxylic acids is 2. The van der Waals surface area contributed by atoms with Crippen LogP contribution in [0.2, 0.25) is 0 Å². The monoisotopic (exact) mass is 358 g/mol. The van der Waals surface area contributed by atoms with E-state index in [4.69, 9.17) is 0 Å². The van der Waals surface area contributed by atoms with Crippen molar-refractivity contribution in [2.45, 2.75) is 11.8 Å². The first-order valence-electron chi connectivity index (χ1n) is 7.46. The summed E-state index contributed by atoms with van der Waals surface area (Å²) in [6.07, 6.45) is 1.57. The molecule has 0 radical (unpaired) electrons. The fourth-order valence-corrected chi connectivity index (χ4v) is 3.10. The second-order valence-electron chi connectivity index (χ2n) is 5.26. The minimum Gasteiger partial charge on any atom is -0.349 e. The molecule has 25 heavy (non-hydrogen) atoms. The van der Waals surface area contributed by atoms with Crippen LogP contribution >= 0.6 is 0 Å². The van der Waals surface area contributed by atoms with Crippen molar-refractivity contribution in [3.8, 4) is 0 Å². The van der Waals surface area contributed by atoms with Crippen molar-refractivity contribution in [2.75, 3.05) is 11.3 Å². The molecular weight excluding hydrogens is 340 g/mol. The number of nitrogens with one attached hydrogen (secondary N) is 2. The van der Waals surface area contributed by atoms with Crippen LogP contribution in [0.15, 0.2) is 66.1 Å². The van der Waals surface area contributed by atoms with Crippen molar-refractivity contribution in [1.29, 1.82) is 0 Å². The molecule has 2 aromatic carbocycles. The average Bonchev–Trinajstić information content (AvgIpc) is 2.60. The zero-order valence-corrected chi connectivity index (χ0v) is 14.5. The topological polar surface area (TPSA) is 92.3 Å². The van der Waals surface area contributed by atoms with E-state index < -0.39 is 10.0 Å². The molecule has 2 rings (SSSR count). The third-order valence-electron chi connectivity index (χ3n) is 3.38. The summed E-state index contributed by atoms with van der Waals surface area (Å²) in [5.41, 5.74) is 1.18. The van der Waals surface area contributed by atoms with Gasteiger partial charge in [-0.05, 0) is 43.3 Å². The van der Waals surface area contributed by atoms with Gasteiger partial charge >= 0.3 is 0 Å². The smallest absolute Gasteiger partial charge is 0.261 e. The molecular formula is C18H18N2O4S. The van der Waals surface area contributed by atoms with Crippen LogP contribution in [0.5, 0.6) is 0 Å². The first-order valence-corrected chi connectivity index (χ1v) is 8.95. The van der Waals surface area contributed by atoms with Crippen molar-refractivity contribution in [3.05, 3.63) is 72.3 Å². The Morgan fingerprint density at radius 2 is 1.56 bits per heavy atom. The van der Waals surface area contributed by atoms with Gasteiger partial charge in [0.2, 0.25) is 0 Å².